The molecule has 150 valence electrons. The molecule has 2 amide bonds. The van der Waals surface area contributed by atoms with E-state index in [1.165, 1.54) is 0 Å². The predicted octanol–water partition coefficient (Wildman–Crippen LogP) is 3.92. The number of nitrogens with zero attached hydrogens (tertiary/aromatic N) is 1. The normalized spacial score (nSPS) is 11.6. The van der Waals surface area contributed by atoms with Gasteiger partial charge in [0.05, 0.1) is 0 Å². The van der Waals surface area contributed by atoms with Gasteiger partial charge >= 0.3 is 0 Å². The van der Waals surface area contributed by atoms with Crippen LogP contribution in [0.2, 0.25) is 0 Å². The van der Waals surface area contributed by atoms with E-state index in [0.717, 1.165) is 21.1 Å². The largest absolute Gasteiger partial charge is 0.484 e. The van der Waals surface area contributed by atoms with E-state index >= 15 is 0 Å². The van der Waals surface area contributed by atoms with Crippen LogP contribution in [0.15, 0.2) is 48.5 Å². The minimum atomic E-state index is -0.583. The fraction of sp³-hybridized carbons (Fsp3) is 0.364. The standard InChI is InChI=1S/C22H27IN2O3/c1-4-12-24-22(27)17(3)25(14-18-7-5-6-16(2)13-18)21(26)15-28-20-10-8-19(23)9-11-20/h5-11,13,17H,4,12,14-15H2,1-3H3,(H,24,27)/t17-/m1/s1. The van der Waals surface area contributed by atoms with E-state index in [-0.39, 0.29) is 18.4 Å². The summed E-state index contributed by atoms with van der Waals surface area (Å²) in [5, 5.41) is 2.87. The van der Waals surface area contributed by atoms with Crippen LogP contribution >= 0.6 is 22.6 Å². The summed E-state index contributed by atoms with van der Waals surface area (Å²) in [5.41, 5.74) is 2.10. The Kier molecular flexibility index (Phi) is 8.76. The zero-order valence-electron chi connectivity index (χ0n) is 16.6. The maximum Gasteiger partial charge on any atom is 0.261 e. The second-order valence-electron chi connectivity index (χ2n) is 6.72. The summed E-state index contributed by atoms with van der Waals surface area (Å²) in [6.07, 6.45) is 0.847. The average Bonchev–Trinajstić information content (AvgIpc) is 2.69. The second kappa shape index (κ2) is 11.0. The molecule has 28 heavy (non-hydrogen) atoms. The average molecular weight is 494 g/mol. The lowest BCUT2D eigenvalue weighted by Crippen LogP contribution is -2.49. The van der Waals surface area contributed by atoms with Crippen LogP contribution in [-0.2, 0) is 16.1 Å². The molecule has 0 saturated heterocycles. The Morgan fingerprint density at radius 3 is 2.54 bits per heavy atom. The van der Waals surface area contributed by atoms with Gasteiger partial charge in [0, 0.05) is 16.7 Å². The highest BCUT2D eigenvalue weighted by molar-refractivity contribution is 14.1. The Bertz CT molecular complexity index is 793. The quantitative estimate of drug-likeness (QED) is 0.538. The molecule has 0 radical (unpaired) electrons. The first kappa shape index (κ1) is 22.2. The van der Waals surface area contributed by atoms with E-state index < -0.39 is 6.04 Å². The van der Waals surface area contributed by atoms with Gasteiger partial charge in [0.2, 0.25) is 5.91 Å². The number of ether oxygens (including phenoxy) is 1. The summed E-state index contributed by atoms with van der Waals surface area (Å²) in [7, 11) is 0. The molecule has 0 bridgehead atoms. The van der Waals surface area contributed by atoms with Crippen LogP contribution in [0.5, 0.6) is 5.75 Å². The minimum absolute atomic E-state index is 0.113. The van der Waals surface area contributed by atoms with Gasteiger partial charge in [-0.3, -0.25) is 9.59 Å². The van der Waals surface area contributed by atoms with Gasteiger partial charge in [0.1, 0.15) is 11.8 Å². The van der Waals surface area contributed by atoms with Gasteiger partial charge in [-0.05, 0) is 72.7 Å². The Morgan fingerprint density at radius 2 is 1.89 bits per heavy atom. The number of carbonyl (C=O) groups is 2. The van der Waals surface area contributed by atoms with Crippen molar-refractivity contribution in [1.82, 2.24) is 10.2 Å². The Labute approximate surface area is 180 Å². The molecule has 0 aromatic heterocycles. The second-order valence-corrected chi connectivity index (χ2v) is 7.97. The van der Waals surface area contributed by atoms with E-state index in [1.54, 1.807) is 11.8 Å². The predicted molar refractivity (Wildman–Crippen MR) is 119 cm³/mol. The van der Waals surface area contributed by atoms with Crippen molar-refractivity contribution in [2.45, 2.75) is 39.8 Å². The molecule has 0 heterocycles. The number of aryl methyl sites for hydroxylation is 1. The van der Waals surface area contributed by atoms with E-state index in [2.05, 4.69) is 27.9 Å². The highest BCUT2D eigenvalue weighted by atomic mass is 127. The number of carbonyl (C=O) groups excluding carboxylic acids is 2. The first-order valence-corrected chi connectivity index (χ1v) is 10.5. The van der Waals surface area contributed by atoms with Crippen LogP contribution in [-0.4, -0.2) is 35.9 Å². The SMILES string of the molecule is CCCNC(=O)[C@@H](C)N(Cc1cccc(C)c1)C(=O)COc1ccc(I)cc1. The van der Waals surface area contributed by atoms with Crippen LogP contribution in [0.1, 0.15) is 31.4 Å². The minimum Gasteiger partial charge on any atom is -0.484 e. The first-order valence-electron chi connectivity index (χ1n) is 9.41. The number of rotatable bonds is 9. The third kappa shape index (κ3) is 6.82. The van der Waals surface area contributed by atoms with E-state index in [1.807, 2.05) is 62.4 Å². The summed E-state index contributed by atoms with van der Waals surface area (Å²) in [5.74, 6) is 0.253. The maximum atomic E-state index is 12.9. The lowest BCUT2D eigenvalue weighted by atomic mass is 10.1. The topological polar surface area (TPSA) is 58.6 Å². The van der Waals surface area contributed by atoms with E-state index in [9.17, 15) is 9.59 Å². The number of amides is 2. The van der Waals surface area contributed by atoms with Gasteiger partial charge in [-0.25, -0.2) is 0 Å². The van der Waals surface area contributed by atoms with Crippen LogP contribution < -0.4 is 10.1 Å². The Balaban J connectivity index is 2.12. The molecule has 0 aliphatic rings. The Morgan fingerprint density at radius 1 is 1.18 bits per heavy atom. The van der Waals surface area contributed by atoms with Gasteiger partial charge in [0.15, 0.2) is 6.61 Å². The molecule has 5 nitrogen and oxygen atoms in total. The van der Waals surface area contributed by atoms with Crippen molar-refractivity contribution in [2.24, 2.45) is 0 Å². The molecule has 2 aromatic carbocycles. The van der Waals surface area contributed by atoms with Crippen molar-refractivity contribution >= 4 is 34.4 Å². The summed E-state index contributed by atoms with van der Waals surface area (Å²) in [6.45, 7) is 6.59. The van der Waals surface area contributed by atoms with Crippen molar-refractivity contribution < 1.29 is 14.3 Å². The molecule has 2 aromatic rings. The van der Waals surface area contributed by atoms with Gasteiger partial charge in [-0.15, -0.1) is 0 Å². The Hall–Kier alpha value is -2.09. The number of hydrogen-bond donors (Lipinski definition) is 1. The molecular formula is C22H27IN2O3. The third-order valence-corrected chi connectivity index (χ3v) is 5.05. The van der Waals surface area contributed by atoms with Gasteiger partial charge in [-0.1, -0.05) is 36.8 Å². The molecule has 0 unspecified atom stereocenters. The van der Waals surface area contributed by atoms with Gasteiger partial charge in [0.25, 0.3) is 5.91 Å². The summed E-state index contributed by atoms with van der Waals surface area (Å²) >= 11 is 2.22. The molecule has 0 aliphatic heterocycles. The van der Waals surface area contributed by atoms with Gasteiger partial charge < -0.3 is 15.0 Å². The molecular weight excluding hydrogens is 467 g/mol. The monoisotopic (exact) mass is 494 g/mol. The molecule has 0 fully saturated rings. The fourth-order valence-corrected chi connectivity index (χ4v) is 3.10. The smallest absolute Gasteiger partial charge is 0.261 e. The highest BCUT2D eigenvalue weighted by Crippen LogP contribution is 2.15. The lowest BCUT2D eigenvalue weighted by Gasteiger charge is -2.28. The highest BCUT2D eigenvalue weighted by Gasteiger charge is 2.26. The maximum absolute atomic E-state index is 12.9. The summed E-state index contributed by atoms with van der Waals surface area (Å²) in [4.78, 5) is 27.0. The zero-order chi connectivity index (χ0) is 20.5. The van der Waals surface area contributed by atoms with Crippen LogP contribution in [0.4, 0.5) is 0 Å². The molecule has 2 rings (SSSR count). The number of nitrogens with one attached hydrogen (secondary N) is 1. The van der Waals surface area contributed by atoms with E-state index in [4.69, 9.17) is 4.74 Å². The molecule has 0 spiro atoms. The van der Waals surface area contributed by atoms with Crippen molar-refractivity contribution in [2.75, 3.05) is 13.2 Å². The van der Waals surface area contributed by atoms with Crippen LogP contribution in [0, 0.1) is 10.5 Å². The molecule has 1 atom stereocenters. The third-order valence-electron chi connectivity index (χ3n) is 4.33. The van der Waals surface area contributed by atoms with Crippen molar-refractivity contribution in [1.29, 1.82) is 0 Å². The lowest BCUT2D eigenvalue weighted by molar-refractivity contribution is -0.142. The number of hydrogen-bond acceptors (Lipinski definition) is 3. The van der Waals surface area contributed by atoms with Crippen molar-refractivity contribution in [3.05, 3.63) is 63.2 Å². The van der Waals surface area contributed by atoms with E-state index in [0.29, 0.717) is 18.8 Å². The summed E-state index contributed by atoms with van der Waals surface area (Å²) < 4.78 is 6.75. The number of benzene rings is 2. The fourth-order valence-electron chi connectivity index (χ4n) is 2.74. The van der Waals surface area contributed by atoms with Crippen LogP contribution in [0.25, 0.3) is 0 Å². The van der Waals surface area contributed by atoms with Crippen LogP contribution in [0.3, 0.4) is 0 Å². The molecule has 6 heteroatoms. The van der Waals surface area contributed by atoms with Gasteiger partial charge in [-0.2, -0.15) is 0 Å². The summed E-state index contributed by atoms with van der Waals surface area (Å²) in [6, 6.07) is 14.9. The van der Waals surface area contributed by atoms with Crippen molar-refractivity contribution in [3.63, 3.8) is 0 Å². The van der Waals surface area contributed by atoms with Crippen molar-refractivity contribution in [3.8, 4) is 5.75 Å². The molecule has 1 N–H and O–H groups in total. The molecule has 0 aliphatic carbocycles. The number of halogens is 1. The zero-order valence-corrected chi connectivity index (χ0v) is 18.7. The first-order chi connectivity index (χ1) is 13.4. The molecule has 0 saturated carbocycles.